The molecule has 7 heteroatoms. The van der Waals surface area contributed by atoms with Crippen LogP contribution in [0.3, 0.4) is 0 Å². The Hall–Kier alpha value is -0.190. The molecule has 88 valence electrons. The van der Waals surface area contributed by atoms with Crippen LogP contribution in [0.1, 0.15) is 5.56 Å². The van der Waals surface area contributed by atoms with Crippen LogP contribution in [-0.2, 0) is 0 Å². The summed E-state index contributed by atoms with van der Waals surface area (Å²) in [5.41, 5.74) is 0.175. The van der Waals surface area contributed by atoms with E-state index in [1.54, 1.807) is 0 Å². The van der Waals surface area contributed by atoms with E-state index in [4.69, 9.17) is 51.5 Å². The normalized spacial score (nSPS) is 11.3. The Morgan fingerprint density at radius 1 is 1.00 bits per heavy atom. The van der Waals surface area contributed by atoms with Crippen LogP contribution < -0.4 is 0 Å². The fourth-order valence-electron chi connectivity index (χ4n) is 0.968. The van der Waals surface area contributed by atoms with E-state index in [0.29, 0.717) is 0 Å². The second-order valence-electron chi connectivity index (χ2n) is 2.78. The van der Waals surface area contributed by atoms with Gasteiger partial charge in [0, 0.05) is 6.21 Å². The van der Waals surface area contributed by atoms with Crippen molar-refractivity contribution < 1.29 is 10.2 Å². The number of halogens is 4. The number of aliphatic hydroxyl groups excluding tert-OH is 1. The van der Waals surface area contributed by atoms with E-state index in [9.17, 15) is 5.11 Å². The maximum absolute atomic E-state index is 9.67. The number of hydrogen-bond donors (Lipinski definition) is 2. The molecular formula is C9H7Cl4NO2. The van der Waals surface area contributed by atoms with Crippen LogP contribution in [0.15, 0.2) is 4.99 Å². The maximum Gasteiger partial charge on any atom is 0.146 e. The SMILES string of the molecule is OCCN=Cc1c(O)c(Cl)c(Cl)c(Cl)c1Cl. The Bertz CT molecular complexity index is 405. The fraction of sp³-hybridized carbons (Fsp3) is 0.222. The molecule has 0 heterocycles. The summed E-state index contributed by atoms with van der Waals surface area (Å²) in [4.78, 5) is 3.81. The number of rotatable bonds is 3. The van der Waals surface area contributed by atoms with E-state index in [1.165, 1.54) is 6.21 Å². The molecule has 0 saturated heterocycles. The Balaban J connectivity index is 3.29. The van der Waals surface area contributed by atoms with Crippen LogP contribution in [0, 0.1) is 0 Å². The van der Waals surface area contributed by atoms with Gasteiger partial charge in [-0.15, -0.1) is 0 Å². The standard InChI is InChI=1S/C9H7Cl4NO2/c10-5-4(3-14-1-2-15)9(16)8(13)7(12)6(5)11/h3,15-16H,1-2H2. The number of hydrogen-bond acceptors (Lipinski definition) is 3. The van der Waals surface area contributed by atoms with Gasteiger partial charge in [-0.2, -0.15) is 0 Å². The average Bonchev–Trinajstić information content (AvgIpc) is 2.28. The van der Waals surface area contributed by atoms with Crippen molar-refractivity contribution in [2.75, 3.05) is 13.2 Å². The van der Waals surface area contributed by atoms with Crippen molar-refractivity contribution in [1.29, 1.82) is 0 Å². The highest BCUT2D eigenvalue weighted by Gasteiger charge is 2.18. The van der Waals surface area contributed by atoms with Crippen molar-refractivity contribution in [3.8, 4) is 5.75 Å². The largest absolute Gasteiger partial charge is 0.506 e. The summed E-state index contributed by atoms with van der Waals surface area (Å²) in [7, 11) is 0. The minimum Gasteiger partial charge on any atom is -0.506 e. The van der Waals surface area contributed by atoms with Gasteiger partial charge in [-0.3, -0.25) is 4.99 Å². The van der Waals surface area contributed by atoms with Crippen molar-refractivity contribution in [3.63, 3.8) is 0 Å². The molecule has 0 fully saturated rings. The first kappa shape index (κ1) is 13.9. The minimum atomic E-state index is -0.289. The summed E-state index contributed by atoms with van der Waals surface area (Å²) in [6.45, 7) is 0.0809. The molecule has 0 atom stereocenters. The van der Waals surface area contributed by atoms with E-state index < -0.39 is 0 Å². The van der Waals surface area contributed by atoms with Gasteiger partial charge in [0.05, 0.1) is 33.8 Å². The van der Waals surface area contributed by atoms with E-state index in [1.807, 2.05) is 0 Å². The zero-order chi connectivity index (χ0) is 12.3. The van der Waals surface area contributed by atoms with Gasteiger partial charge in [-0.05, 0) is 0 Å². The van der Waals surface area contributed by atoms with Gasteiger partial charge in [0.1, 0.15) is 10.8 Å². The lowest BCUT2D eigenvalue weighted by atomic mass is 10.2. The summed E-state index contributed by atoms with van der Waals surface area (Å²) < 4.78 is 0. The molecule has 16 heavy (non-hydrogen) atoms. The minimum absolute atomic E-state index is 0.00913. The summed E-state index contributed by atoms with van der Waals surface area (Å²) in [5, 5.41) is 18.2. The summed E-state index contributed by atoms with van der Waals surface area (Å²) in [6, 6.07) is 0. The molecule has 2 N–H and O–H groups in total. The first-order chi connectivity index (χ1) is 7.50. The Labute approximate surface area is 112 Å². The average molecular weight is 303 g/mol. The lowest BCUT2D eigenvalue weighted by molar-refractivity contribution is 0.307. The number of aliphatic imine (C=N–C) groups is 1. The van der Waals surface area contributed by atoms with E-state index in [2.05, 4.69) is 4.99 Å². The zero-order valence-corrected chi connectivity index (χ0v) is 10.9. The molecule has 0 spiro atoms. The molecule has 0 unspecified atom stereocenters. The number of aromatic hydroxyl groups is 1. The third-order valence-electron chi connectivity index (χ3n) is 1.73. The lowest BCUT2D eigenvalue weighted by Crippen LogP contribution is -1.92. The van der Waals surface area contributed by atoms with Gasteiger partial charge in [-0.1, -0.05) is 46.4 Å². The lowest BCUT2D eigenvalue weighted by Gasteiger charge is -2.08. The van der Waals surface area contributed by atoms with Crippen LogP contribution in [0.25, 0.3) is 0 Å². The Kier molecular flexibility index (Phi) is 5.15. The van der Waals surface area contributed by atoms with Gasteiger partial charge in [-0.25, -0.2) is 0 Å². The van der Waals surface area contributed by atoms with Crippen LogP contribution in [0.2, 0.25) is 20.1 Å². The zero-order valence-electron chi connectivity index (χ0n) is 7.85. The molecular weight excluding hydrogens is 296 g/mol. The van der Waals surface area contributed by atoms with Crippen molar-refractivity contribution in [2.24, 2.45) is 4.99 Å². The topological polar surface area (TPSA) is 52.8 Å². The maximum atomic E-state index is 9.67. The predicted molar refractivity (Wildman–Crippen MR) is 67.7 cm³/mol. The first-order valence-electron chi connectivity index (χ1n) is 4.16. The van der Waals surface area contributed by atoms with Crippen molar-refractivity contribution in [1.82, 2.24) is 0 Å². The molecule has 1 aromatic carbocycles. The molecule has 0 bridgehead atoms. The smallest absolute Gasteiger partial charge is 0.146 e. The molecule has 0 amide bonds. The van der Waals surface area contributed by atoms with Gasteiger partial charge in [0.15, 0.2) is 0 Å². The summed E-state index contributed by atoms with van der Waals surface area (Å²) in [5.74, 6) is -0.289. The molecule has 0 radical (unpaired) electrons. The first-order valence-corrected chi connectivity index (χ1v) is 5.67. The quantitative estimate of drug-likeness (QED) is 0.511. The molecule has 0 aromatic heterocycles. The van der Waals surface area contributed by atoms with Gasteiger partial charge in [0.2, 0.25) is 0 Å². The van der Waals surface area contributed by atoms with E-state index in [-0.39, 0.29) is 44.6 Å². The number of phenols is 1. The van der Waals surface area contributed by atoms with Crippen molar-refractivity contribution >= 4 is 52.6 Å². The summed E-state index contributed by atoms with van der Waals surface area (Å²) >= 11 is 23.1. The predicted octanol–water partition coefficient (Wildman–Crippen LogP) is 3.42. The van der Waals surface area contributed by atoms with E-state index in [0.717, 1.165) is 0 Å². The van der Waals surface area contributed by atoms with Gasteiger partial charge >= 0.3 is 0 Å². The number of aliphatic hydroxyl groups is 1. The molecule has 0 aliphatic rings. The molecule has 0 saturated carbocycles. The third kappa shape index (κ3) is 2.73. The second kappa shape index (κ2) is 5.94. The van der Waals surface area contributed by atoms with Crippen molar-refractivity contribution in [3.05, 3.63) is 25.7 Å². The molecule has 0 aliphatic carbocycles. The highest BCUT2D eigenvalue weighted by Crippen LogP contribution is 2.44. The highest BCUT2D eigenvalue weighted by atomic mass is 35.5. The van der Waals surface area contributed by atoms with Crippen LogP contribution in [-0.4, -0.2) is 29.6 Å². The molecule has 0 aliphatic heterocycles. The number of benzene rings is 1. The second-order valence-corrected chi connectivity index (χ2v) is 4.29. The number of nitrogens with zero attached hydrogens (tertiary/aromatic N) is 1. The highest BCUT2D eigenvalue weighted by molar-refractivity contribution is 6.53. The molecule has 1 aromatic rings. The monoisotopic (exact) mass is 301 g/mol. The van der Waals surface area contributed by atoms with Crippen LogP contribution >= 0.6 is 46.4 Å². The van der Waals surface area contributed by atoms with Gasteiger partial charge in [0.25, 0.3) is 0 Å². The Morgan fingerprint density at radius 2 is 1.56 bits per heavy atom. The van der Waals surface area contributed by atoms with Gasteiger partial charge < -0.3 is 10.2 Å². The van der Waals surface area contributed by atoms with Crippen LogP contribution in [0.5, 0.6) is 5.75 Å². The van der Waals surface area contributed by atoms with E-state index >= 15 is 0 Å². The molecule has 1 rings (SSSR count). The Morgan fingerprint density at radius 3 is 2.12 bits per heavy atom. The number of phenolic OH excluding ortho intramolecular Hbond substituents is 1. The van der Waals surface area contributed by atoms with Crippen LogP contribution in [0.4, 0.5) is 0 Å². The molecule has 3 nitrogen and oxygen atoms in total. The fourth-order valence-corrected chi connectivity index (χ4v) is 1.87. The third-order valence-corrected chi connectivity index (χ3v) is 3.53. The summed E-state index contributed by atoms with van der Waals surface area (Å²) in [6.07, 6.45) is 1.28. The van der Waals surface area contributed by atoms with Crippen molar-refractivity contribution in [2.45, 2.75) is 0 Å².